The highest BCUT2D eigenvalue weighted by Gasteiger charge is 2.26. The van der Waals surface area contributed by atoms with Crippen LogP contribution < -0.4 is 10.6 Å². The molecule has 25 heavy (non-hydrogen) atoms. The van der Waals surface area contributed by atoms with Gasteiger partial charge in [0.2, 0.25) is 0 Å². The molecule has 6 heteroatoms. The Hall–Kier alpha value is -2.37. The molecule has 1 aromatic rings. The van der Waals surface area contributed by atoms with E-state index in [2.05, 4.69) is 10.6 Å². The monoisotopic (exact) mass is 348 g/mol. The molecule has 0 bridgehead atoms. The van der Waals surface area contributed by atoms with Crippen LogP contribution in [0.5, 0.6) is 0 Å². The standard InChI is InChI=1S/C19H28N2O4/c1-5-9-14(4)20-16(22)12-25-19(24)17(13(2)3)21-18(23)15-10-7-6-8-11-15/h6-8,10-11,13-14,17H,5,9,12H2,1-4H3,(H,20,22)(H,21,23)/t14?,17-/m0/s1. The van der Waals surface area contributed by atoms with Gasteiger partial charge in [0.25, 0.3) is 11.8 Å². The van der Waals surface area contributed by atoms with Crippen molar-refractivity contribution >= 4 is 17.8 Å². The van der Waals surface area contributed by atoms with Gasteiger partial charge in [-0.3, -0.25) is 9.59 Å². The number of ether oxygens (including phenoxy) is 1. The van der Waals surface area contributed by atoms with E-state index in [9.17, 15) is 14.4 Å². The molecule has 0 saturated carbocycles. The first-order valence-electron chi connectivity index (χ1n) is 8.67. The van der Waals surface area contributed by atoms with Crippen LogP contribution in [0.25, 0.3) is 0 Å². The topological polar surface area (TPSA) is 84.5 Å². The lowest BCUT2D eigenvalue weighted by Gasteiger charge is -2.21. The molecule has 138 valence electrons. The van der Waals surface area contributed by atoms with Crippen molar-refractivity contribution in [2.24, 2.45) is 5.92 Å². The highest BCUT2D eigenvalue weighted by Crippen LogP contribution is 2.07. The maximum Gasteiger partial charge on any atom is 0.329 e. The number of carbonyl (C=O) groups is 3. The van der Waals surface area contributed by atoms with Gasteiger partial charge in [-0.05, 0) is 31.4 Å². The fourth-order valence-electron chi connectivity index (χ4n) is 2.36. The van der Waals surface area contributed by atoms with E-state index in [1.165, 1.54) is 0 Å². The highest BCUT2D eigenvalue weighted by atomic mass is 16.5. The number of benzene rings is 1. The summed E-state index contributed by atoms with van der Waals surface area (Å²) in [5, 5.41) is 5.44. The van der Waals surface area contributed by atoms with E-state index < -0.39 is 12.0 Å². The molecule has 2 atom stereocenters. The van der Waals surface area contributed by atoms with Crippen LogP contribution in [0.2, 0.25) is 0 Å². The van der Waals surface area contributed by atoms with E-state index in [0.717, 1.165) is 12.8 Å². The highest BCUT2D eigenvalue weighted by molar-refractivity contribution is 5.97. The fraction of sp³-hybridized carbons (Fsp3) is 0.526. The molecule has 0 fully saturated rings. The third kappa shape index (κ3) is 7.37. The van der Waals surface area contributed by atoms with Crippen molar-refractivity contribution in [3.63, 3.8) is 0 Å². The molecule has 0 aliphatic rings. The van der Waals surface area contributed by atoms with Crippen LogP contribution in [0.1, 0.15) is 50.9 Å². The van der Waals surface area contributed by atoms with E-state index in [-0.39, 0.29) is 30.4 Å². The Kier molecular flexibility index (Phi) is 8.67. The summed E-state index contributed by atoms with van der Waals surface area (Å²) >= 11 is 0. The van der Waals surface area contributed by atoms with Crippen LogP contribution in [-0.4, -0.2) is 36.5 Å². The third-order valence-corrected chi connectivity index (χ3v) is 3.72. The summed E-state index contributed by atoms with van der Waals surface area (Å²) in [5.41, 5.74) is 0.465. The molecule has 0 heterocycles. The second-order valence-electron chi connectivity index (χ2n) is 6.43. The Balaban J connectivity index is 2.56. The molecular weight excluding hydrogens is 320 g/mol. The molecule has 0 aliphatic carbocycles. The van der Waals surface area contributed by atoms with Crippen molar-refractivity contribution in [3.8, 4) is 0 Å². The first-order chi connectivity index (χ1) is 11.8. The average molecular weight is 348 g/mol. The summed E-state index contributed by atoms with van der Waals surface area (Å²) < 4.78 is 5.08. The molecule has 0 radical (unpaired) electrons. The molecule has 0 aliphatic heterocycles. The lowest BCUT2D eigenvalue weighted by molar-refractivity contribution is -0.151. The Bertz CT molecular complexity index is 572. The summed E-state index contributed by atoms with van der Waals surface area (Å²) in [7, 11) is 0. The molecule has 0 spiro atoms. The Labute approximate surface area is 149 Å². The van der Waals surface area contributed by atoms with E-state index in [0.29, 0.717) is 5.56 Å². The minimum absolute atomic E-state index is 0.0369. The fourth-order valence-corrected chi connectivity index (χ4v) is 2.36. The quantitative estimate of drug-likeness (QED) is 0.671. The number of nitrogens with one attached hydrogen (secondary N) is 2. The Morgan fingerprint density at radius 1 is 1.04 bits per heavy atom. The molecule has 0 saturated heterocycles. The van der Waals surface area contributed by atoms with Crippen molar-refractivity contribution in [2.45, 2.75) is 52.6 Å². The smallest absolute Gasteiger partial charge is 0.329 e. The van der Waals surface area contributed by atoms with Gasteiger partial charge in [0.05, 0.1) is 0 Å². The van der Waals surface area contributed by atoms with Crippen LogP contribution >= 0.6 is 0 Å². The van der Waals surface area contributed by atoms with Gasteiger partial charge >= 0.3 is 5.97 Å². The first kappa shape index (κ1) is 20.7. The summed E-state index contributed by atoms with van der Waals surface area (Å²) in [4.78, 5) is 36.3. The lowest BCUT2D eigenvalue weighted by atomic mass is 10.0. The Morgan fingerprint density at radius 3 is 2.24 bits per heavy atom. The normalized spacial score (nSPS) is 13.0. The van der Waals surface area contributed by atoms with Crippen LogP contribution in [0.15, 0.2) is 30.3 Å². The SMILES string of the molecule is CCCC(C)NC(=O)COC(=O)[C@@H](NC(=O)c1ccccc1)C(C)C. The predicted molar refractivity (Wildman–Crippen MR) is 96.0 cm³/mol. The minimum atomic E-state index is -0.812. The summed E-state index contributed by atoms with van der Waals surface area (Å²) in [6.07, 6.45) is 1.82. The van der Waals surface area contributed by atoms with Gasteiger partial charge in [-0.2, -0.15) is 0 Å². The van der Waals surface area contributed by atoms with E-state index >= 15 is 0 Å². The number of amides is 2. The molecular formula is C19H28N2O4. The number of rotatable bonds is 9. The van der Waals surface area contributed by atoms with E-state index in [1.807, 2.05) is 19.9 Å². The van der Waals surface area contributed by atoms with E-state index in [1.54, 1.807) is 38.1 Å². The van der Waals surface area contributed by atoms with Crippen molar-refractivity contribution in [1.82, 2.24) is 10.6 Å². The van der Waals surface area contributed by atoms with Gasteiger partial charge in [0.1, 0.15) is 6.04 Å². The predicted octanol–water partition coefficient (Wildman–Crippen LogP) is 2.29. The van der Waals surface area contributed by atoms with E-state index in [4.69, 9.17) is 4.74 Å². The number of hydrogen-bond acceptors (Lipinski definition) is 4. The van der Waals surface area contributed by atoms with Gasteiger partial charge in [-0.1, -0.05) is 45.4 Å². The average Bonchev–Trinajstić information content (AvgIpc) is 2.58. The van der Waals surface area contributed by atoms with Gasteiger partial charge < -0.3 is 15.4 Å². The molecule has 1 unspecified atom stereocenters. The molecule has 0 aromatic heterocycles. The van der Waals surface area contributed by atoms with Crippen LogP contribution in [0, 0.1) is 5.92 Å². The van der Waals surface area contributed by atoms with Crippen molar-refractivity contribution in [3.05, 3.63) is 35.9 Å². The zero-order chi connectivity index (χ0) is 18.8. The van der Waals surface area contributed by atoms with Crippen LogP contribution in [0.4, 0.5) is 0 Å². The van der Waals surface area contributed by atoms with Gasteiger partial charge in [-0.15, -0.1) is 0 Å². The zero-order valence-electron chi connectivity index (χ0n) is 15.4. The molecule has 2 amide bonds. The second-order valence-corrected chi connectivity index (χ2v) is 6.43. The maximum absolute atomic E-state index is 12.3. The number of carbonyl (C=O) groups excluding carboxylic acids is 3. The van der Waals surface area contributed by atoms with Crippen molar-refractivity contribution in [2.75, 3.05) is 6.61 Å². The van der Waals surface area contributed by atoms with Crippen molar-refractivity contribution < 1.29 is 19.1 Å². The second kappa shape index (κ2) is 10.5. The minimum Gasteiger partial charge on any atom is -0.454 e. The van der Waals surface area contributed by atoms with Crippen LogP contribution in [0.3, 0.4) is 0 Å². The molecule has 2 N–H and O–H groups in total. The molecule has 1 aromatic carbocycles. The molecule has 1 rings (SSSR count). The lowest BCUT2D eigenvalue weighted by Crippen LogP contribution is -2.46. The first-order valence-corrected chi connectivity index (χ1v) is 8.67. The van der Waals surface area contributed by atoms with Gasteiger partial charge in [-0.25, -0.2) is 4.79 Å². The largest absolute Gasteiger partial charge is 0.454 e. The summed E-state index contributed by atoms with van der Waals surface area (Å²) in [5.74, 6) is -1.47. The van der Waals surface area contributed by atoms with Crippen LogP contribution in [-0.2, 0) is 14.3 Å². The van der Waals surface area contributed by atoms with Gasteiger partial charge in [0, 0.05) is 11.6 Å². The zero-order valence-corrected chi connectivity index (χ0v) is 15.4. The Morgan fingerprint density at radius 2 is 1.68 bits per heavy atom. The van der Waals surface area contributed by atoms with Crippen molar-refractivity contribution in [1.29, 1.82) is 0 Å². The summed E-state index contributed by atoms with van der Waals surface area (Å²) in [6.45, 7) is 7.20. The maximum atomic E-state index is 12.3. The third-order valence-electron chi connectivity index (χ3n) is 3.72. The number of esters is 1. The van der Waals surface area contributed by atoms with Gasteiger partial charge in [0.15, 0.2) is 6.61 Å². The number of hydrogen-bond donors (Lipinski definition) is 2. The summed E-state index contributed by atoms with van der Waals surface area (Å²) in [6, 6.07) is 7.87. The molecule has 6 nitrogen and oxygen atoms in total.